The van der Waals surface area contributed by atoms with Crippen LogP contribution in [0.15, 0.2) is 52.8 Å². The van der Waals surface area contributed by atoms with Crippen LogP contribution in [0.2, 0.25) is 5.15 Å². The summed E-state index contributed by atoms with van der Waals surface area (Å²) in [5.74, 6) is 0.433. The first-order chi connectivity index (χ1) is 16.0. The van der Waals surface area contributed by atoms with Crippen LogP contribution in [0.4, 0.5) is 11.6 Å². The van der Waals surface area contributed by atoms with Crippen LogP contribution in [-0.4, -0.2) is 46.5 Å². The maximum Gasteiger partial charge on any atom is 0.251 e. The van der Waals surface area contributed by atoms with Crippen molar-refractivity contribution in [3.8, 4) is 11.3 Å². The summed E-state index contributed by atoms with van der Waals surface area (Å²) in [6, 6.07) is 9.51. The van der Waals surface area contributed by atoms with Crippen molar-refractivity contribution in [3.05, 3.63) is 64.6 Å². The van der Waals surface area contributed by atoms with Gasteiger partial charge in [-0.05, 0) is 54.3 Å². The molecule has 3 aromatic rings. The first-order valence-corrected chi connectivity index (χ1v) is 10.7. The Kier molecular flexibility index (Phi) is 6.60. The van der Waals surface area contributed by atoms with Gasteiger partial charge in [0.05, 0.1) is 18.3 Å². The molecule has 3 N–H and O–H groups in total. The van der Waals surface area contributed by atoms with Gasteiger partial charge in [0.2, 0.25) is 5.91 Å². The lowest BCUT2D eigenvalue weighted by molar-refractivity contribution is -0.117. The lowest BCUT2D eigenvalue weighted by Gasteiger charge is -2.20. The number of nitrogens with two attached hydrogens (primary N) is 1. The third-order valence-corrected chi connectivity index (χ3v) is 5.57. The Bertz CT molecular complexity index is 1260. The monoisotopic (exact) mass is 462 g/mol. The number of fused-ring (bicyclic) bond motifs is 1. The van der Waals surface area contributed by atoms with Gasteiger partial charge in [-0.25, -0.2) is 15.0 Å². The number of halogens is 1. The summed E-state index contributed by atoms with van der Waals surface area (Å²) < 4.78 is 0. The molecule has 0 radical (unpaired) electrons. The first-order valence-electron chi connectivity index (χ1n) is 10.4. The largest absolute Gasteiger partial charge is 0.382 e. The summed E-state index contributed by atoms with van der Waals surface area (Å²) in [4.78, 5) is 31.8. The molecular formula is C23H23ClN8O. The van der Waals surface area contributed by atoms with Gasteiger partial charge < -0.3 is 16.1 Å². The SMILES string of the molecule is CN/N=C\C(N)=N/c1nccc(-c2cc(C)c3c(c2)CCN3C(=O)Cc2cccnc2Cl)n1. The number of amides is 1. The molecule has 1 amide bonds. The Morgan fingerprint density at radius 2 is 2.15 bits per heavy atom. The van der Waals surface area contributed by atoms with Crippen LogP contribution < -0.4 is 16.1 Å². The lowest BCUT2D eigenvalue weighted by Crippen LogP contribution is -2.31. The molecule has 0 spiro atoms. The van der Waals surface area contributed by atoms with E-state index in [0.29, 0.717) is 11.7 Å². The van der Waals surface area contributed by atoms with Crippen LogP contribution in [0.5, 0.6) is 0 Å². The van der Waals surface area contributed by atoms with Crippen molar-refractivity contribution >= 4 is 41.2 Å². The van der Waals surface area contributed by atoms with Crippen molar-refractivity contribution in [3.63, 3.8) is 0 Å². The Labute approximate surface area is 196 Å². The number of anilines is 1. The zero-order chi connectivity index (χ0) is 23.4. The molecule has 0 unspecified atom stereocenters. The number of benzene rings is 1. The molecule has 1 aliphatic rings. The summed E-state index contributed by atoms with van der Waals surface area (Å²) in [5, 5.41) is 4.18. The van der Waals surface area contributed by atoms with Gasteiger partial charge in [0, 0.05) is 37.2 Å². The van der Waals surface area contributed by atoms with Crippen molar-refractivity contribution in [2.24, 2.45) is 15.8 Å². The number of hydrogen-bond acceptors (Lipinski definition) is 7. The summed E-state index contributed by atoms with van der Waals surface area (Å²) >= 11 is 6.14. The van der Waals surface area contributed by atoms with Crippen LogP contribution in [0, 0.1) is 6.92 Å². The fourth-order valence-electron chi connectivity index (χ4n) is 3.82. The number of aliphatic imine (C=N–C) groups is 1. The van der Waals surface area contributed by atoms with Gasteiger partial charge in [-0.1, -0.05) is 17.7 Å². The second kappa shape index (κ2) is 9.74. The molecule has 33 heavy (non-hydrogen) atoms. The molecule has 0 saturated carbocycles. The normalized spacial score (nSPS) is 13.4. The minimum Gasteiger partial charge on any atom is -0.382 e. The molecule has 1 aliphatic heterocycles. The molecule has 0 atom stereocenters. The molecule has 2 aromatic heterocycles. The molecule has 0 fully saturated rings. The average molecular weight is 463 g/mol. The highest BCUT2D eigenvalue weighted by Crippen LogP contribution is 2.36. The van der Waals surface area contributed by atoms with Gasteiger partial charge in [0.15, 0.2) is 0 Å². The second-order valence-electron chi connectivity index (χ2n) is 7.49. The van der Waals surface area contributed by atoms with E-state index >= 15 is 0 Å². The predicted octanol–water partition coefficient (Wildman–Crippen LogP) is 2.83. The number of aromatic nitrogens is 3. The van der Waals surface area contributed by atoms with Gasteiger partial charge in [0.25, 0.3) is 5.95 Å². The molecule has 0 saturated heterocycles. The average Bonchev–Trinajstić information content (AvgIpc) is 3.24. The van der Waals surface area contributed by atoms with Crippen LogP contribution in [0.3, 0.4) is 0 Å². The molecule has 0 bridgehead atoms. The maximum atomic E-state index is 13.0. The third kappa shape index (κ3) is 4.98. The van der Waals surface area contributed by atoms with Crippen molar-refractivity contribution in [1.29, 1.82) is 0 Å². The van der Waals surface area contributed by atoms with Crippen LogP contribution in [0.1, 0.15) is 16.7 Å². The number of aryl methyl sites for hydroxylation is 1. The van der Waals surface area contributed by atoms with Crippen molar-refractivity contribution < 1.29 is 4.79 Å². The number of rotatable bonds is 6. The highest BCUT2D eigenvalue weighted by molar-refractivity contribution is 6.30. The molecule has 10 heteroatoms. The van der Waals surface area contributed by atoms with Gasteiger partial charge in [0.1, 0.15) is 11.0 Å². The minimum atomic E-state index is -0.00290. The Morgan fingerprint density at radius 1 is 1.30 bits per heavy atom. The van der Waals surface area contributed by atoms with E-state index in [2.05, 4.69) is 36.5 Å². The first kappa shape index (κ1) is 22.3. The number of nitrogens with one attached hydrogen (secondary N) is 1. The van der Waals surface area contributed by atoms with E-state index in [1.54, 1.807) is 25.5 Å². The fraction of sp³-hybridized carbons (Fsp3) is 0.217. The number of hydrazone groups is 1. The van der Waals surface area contributed by atoms with Crippen molar-refractivity contribution in [2.45, 2.75) is 19.8 Å². The number of carbonyl (C=O) groups is 1. The smallest absolute Gasteiger partial charge is 0.251 e. The van der Waals surface area contributed by atoms with Gasteiger partial charge in [-0.2, -0.15) is 10.1 Å². The van der Waals surface area contributed by atoms with E-state index in [1.165, 1.54) is 6.21 Å². The van der Waals surface area contributed by atoms with Gasteiger partial charge in [-0.15, -0.1) is 0 Å². The second-order valence-corrected chi connectivity index (χ2v) is 7.84. The highest BCUT2D eigenvalue weighted by Gasteiger charge is 2.27. The summed E-state index contributed by atoms with van der Waals surface area (Å²) in [6.45, 7) is 2.62. The van der Waals surface area contributed by atoms with Crippen LogP contribution >= 0.6 is 11.6 Å². The van der Waals surface area contributed by atoms with E-state index in [-0.39, 0.29) is 24.1 Å². The maximum absolute atomic E-state index is 13.0. The zero-order valence-corrected chi connectivity index (χ0v) is 19.0. The van der Waals surface area contributed by atoms with Crippen LogP contribution in [0.25, 0.3) is 11.3 Å². The topological polar surface area (TPSA) is 122 Å². The Hall–Kier alpha value is -3.85. The van der Waals surface area contributed by atoms with Gasteiger partial charge >= 0.3 is 0 Å². The molecule has 3 heterocycles. The van der Waals surface area contributed by atoms with E-state index in [4.69, 9.17) is 17.3 Å². The molecule has 1 aromatic carbocycles. The third-order valence-electron chi connectivity index (χ3n) is 5.23. The van der Waals surface area contributed by atoms with E-state index in [9.17, 15) is 4.79 Å². The van der Waals surface area contributed by atoms with Crippen molar-refractivity contribution in [1.82, 2.24) is 20.4 Å². The fourth-order valence-corrected chi connectivity index (χ4v) is 4.00. The highest BCUT2D eigenvalue weighted by atomic mass is 35.5. The summed E-state index contributed by atoms with van der Waals surface area (Å²) in [6.07, 6.45) is 5.61. The number of nitrogens with zero attached hydrogens (tertiary/aromatic N) is 6. The molecule has 0 aliphatic carbocycles. The minimum absolute atomic E-state index is 0.00290. The van der Waals surface area contributed by atoms with Crippen LogP contribution in [-0.2, 0) is 17.6 Å². The number of carbonyl (C=O) groups excluding carboxylic acids is 1. The molecule has 9 nitrogen and oxygen atoms in total. The molecule has 168 valence electrons. The van der Waals surface area contributed by atoms with E-state index in [1.807, 2.05) is 30.0 Å². The number of amidine groups is 1. The number of pyridine rings is 1. The summed E-state index contributed by atoms with van der Waals surface area (Å²) in [7, 11) is 1.67. The Morgan fingerprint density at radius 3 is 2.94 bits per heavy atom. The van der Waals surface area contributed by atoms with Crippen molar-refractivity contribution in [2.75, 3.05) is 18.5 Å². The molecular weight excluding hydrogens is 440 g/mol. The zero-order valence-electron chi connectivity index (χ0n) is 18.3. The Balaban J connectivity index is 1.60. The quantitative estimate of drug-likeness (QED) is 0.251. The number of hydrogen-bond donors (Lipinski definition) is 2. The standard InChI is InChI=1S/C23H23ClN8O/c1-14-10-17(18-5-8-28-23(30-18)31-19(25)13-29-26-2)11-15-6-9-32(21(14)15)20(33)12-16-4-3-7-27-22(16)24/h3-5,7-8,10-11,13,26H,6,9,12H2,1-2H3,(H2,25,28,30,31)/b29-13-. The van der Waals surface area contributed by atoms with Gasteiger partial charge in [-0.3, -0.25) is 4.79 Å². The molecule has 4 rings (SSSR count). The van der Waals surface area contributed by atoms with E-state index < -0.39 is 0 Å². The summed E-state index contributed by atoms with van der Waals surface area (Å²) in [5.41, 5.74) is 13.8. The lowest BCUT2D eigenvalue weighted by atomic mass is 10.0. The predicted molar refractivity (Wildman–Crippen MR) is 130 cm³/mol. The van der Waals surface area contributed by atoms with E-state index in [0.717, 1.165) is 40.1 Å².